The van der Waals surface area contributed by atoms with E-state index in [0.717, 1.165) is 0 Å². The Morgan fingerprint density at radius 2 is 2.11 bits per heavy atom. The predicted molar refractivity (Wildman–Crippen MR) is 68.8 cm³/mol. The highest BCUT2D eigenvalue weighted by Crippen LogP contribution is 2.18. The quantitative estimate of drug-likeness (QED) is 0.714. The number of aryl methyl sites for hydroxylation is 1. The monoisotopic (exact) mass is 254 g/mol. The van der Waals surface area contributed by atoms with Gasteiger partial charge in [-0.2, -0.15) is 0 Å². The second-order valence-electron chi connectivity index (χ2n) is 5.01. The zero-order valence-corrected chi connectivity index (χ0v) is 10.9. The number of carbonyl (C=O) groups is 1. The van der Waals surface area contributed by atoms with E-state index >= 15 is 0 Å². The van der Waals surface area contributed by atoms with E-state index in [9.17, 15) is 9.18 Å². The average molecular weight is 254 g/mol. The minimum Gasteiger partial charge on any atom is -0.399 e. The van der Waals surface area contributed by atoms with Crippen molar-refractivity contribution in [1.82, 2.24) is 5.32 Å². The summed E-state index contributed by atoms with van der Waals surface area (Å²) in [6, 6.07) is 2.79. The minimum atomic E-state index is -0.600. The van der Waals surface area contributed by atoms with Crippen molar-refractivity contribution in [2.75, 3.05) is 12.3 Å². The molecule has 0 atom stereocenters. The summed E-state index contributed by atoms with van der Waals surface area (Å²) in [6.45, 7) is 5.03. The van der Waals surface area contributed by atoms with Crippen molar-refractivity contribution >= 4 is 11.6 Å². The Kier molecular flexibility index (Phi) is 4.29. The lowest BCUT2D eigenvalue weighted by atomic mass is 10.00. The van der Waals surface area contributed by atoms with Crippen LogP contribution in [-0.2, 0) is 0 Å². The first kappa shape index (κ1) is 14.4. The van der Waals surface area contributed by atoms with Crippen molar-refractivity contribution in [3.63, 3.8) is 0 Å². The van der Waals surface area contributed by atoms with Crippen LogP contribution in [-0.4, -0.2) is 23.2 Å². The van der Waals surface area contributed by atoms with E-state index in [1.165, 1.54) is 12.1 Å². The molecule has 0 saturated heterocycles. The van der Waals surface area contributed by atoms with Gasteiger partial charge in [-0.15, -0.1) is 0 Å². The number of nitrogens with one attached hydrogen (secondary N) is 1. The maximum Gasteiger partial charge on any atom is 0.254 e. The molecule has 0 aliphatic rings. The van der Waals surface area contributed by atoms with Crippen LogP contribution in [0.3, 0.4) is 0 Å². The largest absolute Gasteiger partial charge is 0.399 e. The van der Waals surface area contributed by atoms with E-state index in [1.807, 2.05) is 0 Å². The van der Waals surface area contributed by atoms with Crippen molar-refractivity contribution in [1.29, 1.82) is 0 Å². The minimum absolute atomic E-state index is 0.0499. The van der Waals surface area contributed by atoms with Gasteiger partial charge < -0.3 is 16.2 Å². The molecule has 0 aliphatic carbocycles. The molecule has 0 heterocycles. The number of aliphatic hydroxyl groups excluding tert-OH is 1. The van der Waals surface area contributed by atoms with Crippen LogP contribution in [0, 0.1) is 12.7 Å². The van der Waals surface area contributed by atoms with Gasteiger partial charge in [0, 0.05) is 17.8 Å². The molecule has 0 saturated carbocycles. The number of amides is 1. The molecule has 18 heavy (non-hydrogen) atoms. The molecular formula is C13H19FN2O2. The van der Waals surface area contributed by atoms with E-state index in [2.05, 4.69) is 5.32 Å². The van der Waals surface area contributed by atoms with Crippen LogP contribution in [0.1, 0.15) is 36.2 Å². The molecule has 1 amide bonds. The Morgan fingerprint density at radius 3 is 2.67 bits per heavy atom. The molecule has 0 radical (unpaired) electrons. The number of hydrogen-bond acceptors (Lipinski definition) is 3. The second-order valence-corrected chi connectivity index (χ2v) is 5.01. The molecule has 1 aromatic carbocycles. The Labute approximate surface area is 106 Å². The normalized spacial score (nSPS) is 11.4. The van der Waals surface area contributed by atoms with E-state index in [0.29, 0.717) is 17.7 Å². The number of nitrogen functional groups attached to an aromatic ring is 1. The third kappa shape index (κ3) is 3.43. The van der Waals surface area contributed by atoms with Gasteiger partial charge >= 0.3 is 0 Å². The van der Waals surface area contributed by atoms with Gasteiger partial charge in [0.15, 0.2) is 0 Å². The van der Waals surface area contributed by atoms with E-state index in [1.54, 1.807) is 20.8 Å². The third-order valence-corrected chi connectivity index (χ3v) is 2.71. The Balaban J connectivity index is 2.98. The first-order valence-corrected chi connectivity index (χ1v) is 5.76. The summed E-state index contributed by atoms with van der Waals surface area (Å²) in [5.41, 5.74) is 5.61. The van der Waals surface area contributed by atoms with Gasteiger partial charge in [0.05, 0.1) is 5.56 Å². The summed E-state index contributed by atoms with van der Waals surface area (Å²) >= 11 is 0. The molecule has 0 unspecified atom stereocenters. The summed E-state index contributed by atoms with van der Waals surface area (Å²) in [5, 5.41) is 11.6. The SMILES string of the molecule is Cc1cc(N)cc(C(=O)NC(C)(C)CCO)c1F. The maximum absolute atomic E-state index is 13.8. The standard InChI is InChI=1S/C13H19FN2O2/c1-8-6-9(15)7-10(11(8)14)12(18)16-13(2,3)4-5-17/h6-7,17H,4-5,15H2,1-3H3,(H,16,18). The number of anilines is 1. The van der Waals surface area contributed by atoms with Gasteiger partial charge in [-0.1, -0.05) is 0 Å². The van der Waals surface area contributed by atoms with Gasteiger partial charge in [0.1, 0.15) is 5.82 Å². The summed E-state index contributed by atoms with van der Waals surface area (Å²) in [6.07, 6.45) is 0.391. The van der Waals surface area contributed by atoms with Gasteiger partial charge in [0.25, 0.3) is 5.91 Å². The van der Waals surface area contributed by atoms with Gasteiger partial charge in [-0.25, -0.2) is 4.39 Å². The molecule has 1 rings (SSSR count). The van der Waals surface area contributed by atoms with Crippen LogP contribution in [0.4, 0.5) is 10.1 Å². The molecule has 0 fully saturated rings. The highest BCUT2D eigenvalue weighted by atomic mass is 19.1. The van der Waals surface area contributed by atoms with Crippen LogP contribution in [0.2, 0.25) is 0 Å². The zero-order valence-electron chi connectivity index (χ0n) is 10.9. The molecule has 100 valence electrons. The van der Waals surface area contributed by atoms with Crippen molar-refractivity contribution in [3.05, 3.63) is 29.1 Å². The van der Waals surface area contributed by atoms with E-state index in [-0.39, 0.29) is 12.2 Å². The lowest BCUT2D eigenvalue weighted by Gasteiger charge is -2.25. The summed E-state index contributed by atoms with van der Waals surface area (Å²) in [7, 11) is 0. The first-order valence-electron chi connectivity index (χ1n) is 5.76. The Bertz CT molecular complexity index is 459. The number of aliphatic hydroxyl groups is 1. The van der Waals surface area contributed by atoms with Crippen LogP contribution in [0.25, 0.3) is 0 Å². The maximum atomic E-state index is 13.8. The van der Waals surface area contributed by atoms with E-state index < -0.39 is 17.3 Å². The van der Waals surface area contributed by atoms with Gasteiger partial charge in [-0.05, 0) is 44.9 Å². The van der Waals surface area contributed by atoms with Gasteiger partial charge in [-0.3, -0.25) is 4.79 Å². The summed E-state index contributed by atoms with van der Waals surface area (Å²) < 4.78 is 13.8. The van der Waals surface area contributed by atoms with Crippen molar-refractivity contribution < 1.29 is 14.3 Å². The van der Waals surface area contributed by atoms with Gasteiger partial charge in [0.2, 0.25) is 0 Å². The number of hydrogen-bond donors (Lipinski definition) is 3. The molecule has 4 N–H and O–H groups in total. The summed E-state index contributed by atoms with van der Waals surface area (Å²) in [4.78, 5) is 12.0. The molecular weight excluding hydrogens is 235 g/mol. The van der Waals surface area contributed by atoms with Crippen molar-refractivity contribution in [3.8, 4) is 0 Å². The summed E-state index contributed by atoms with van der Waals surface area (Å²) in [5.74, 6) is -1.09. The van der Waals surface area contributed by atoms with Crippen LogP contribution >= 0.6 is 0 Å². The Morgan fingerprint density at radius 1 is 1.50 bits per heavy atom. The highest BCUT2D eigenvalue weighted by Gasteiger charge is 2.23. The number of nitrogens with two attached hydrogens (primary N) is 1. The molecule has 4 nitrogen and oxygen atoms in total. The molecule has 0 spiro atoms. The number of carbonyl (C=O) groups excluding carboxylic acids is 1. The fourth-order valence-corrected chi connectivity index (χ4v) is 1.68. The van der Waals surface area contributed by atoms with E-state index in [4.69, 9.17) is 10.8 Å². The fraction of sp³-hybridized carbons (Fsp3) is 0.462. The number of benzene rings is 1. The van der Waals surface area contributed by atoms with Crippen molar-refractivity contribution in [2.45, 2.75) is 32.7 Å². The van der Waals surface area contributed by atoms with Crippen molar-refractivity contribution in [2.24, 2.45) is 0 Å². The predicted octanol–water partition coefficient (Wildman–Crippen LogP) is 1.61. The number of halogens is 1. The number of rotatable bonds is 4. The average Bonchev–Trinajstić information content (AvgIpc) is 2.22. The van der Waals surface area contributed by atoms with Crippen LogP contribution in [0.15, 0.2) is 12.1 Å². The van der Waals surface area contributed by atoms with Crippen LogP contribution < -0.4 is 11.1 Å². The Hall–Kier alpha value is -1.62. The zero-order chi connectivity index (χ0) is 13.9. The molecule has 0 aromatic heterocycles. The third-order valence-electron chi connectivity index (χ3n) is 2.71. The lowest BCUT2D eigenvalue weighted by molar-refractivity contribution is 0.0895. The molecule has 5 heteroatoms. The van der Waals surface area contributed by atoms with Crippen LogP contribution in [0.5, 0.6) is 0 Å². The topological polar surface area (TPSA) is 75.4 Å². The highest BCUT2D eigenvalue weighted by molar-refractivity contribution is 5.96. The second kappa shape index (κ2) is 5.35. The molecule has 0 aliphatic heterocycles. The lowest BCUT2D eigenvalue weighted by Crippen LogP contribution is -2.44. The first-order chi connectivity index (χ1) is 8.26. The molecule has 1 aromatic rings. The smallest absolute Gasteiger partial charge is 0.254 e. The molecule has 0 bridgehead atoms. The fourth-order valence-electron chi connectivity index (χ4n) is 1.68.